The third kappa shape index (κ3) is 2.94. The molecule has 4 N–H and O–H groups in total. The normalized spacial score (nSPS) is 22.7. The average Bonchev–Trinajstić information content (AvgIpc) is 2.90. The van der Waals surface area contributed by atoms with Gasteiger partial charge in [0.1, 0.15) is 5.82 Å². The Morgan fingerprint density at radius 3 is 2.67 bits per heavy atom. The third-order valence-electron chi connectivity index (χ3n) is 4.60. The first-order valence-electron chi connectivity index (χ1n) is 7.92. The van der Waals surface area contributed by atoms with Crippen LogP contribution in [0.2, 0.25) is 0 Å². The molecule has 0 radical (unpaired) electrons. The Hall–Kier alpha value is -1.85. The molecule has 0 aromatic carbocycles. The summed E-state index contributed by atoms with van der Waals surface area (Å²) in [5, 5.41) is 0. The van der Waals surface area contributed by atoms with Gasteiger partial charge in [0.25, 0.3) is 5.56 Å². The summed E-state index contributed by atoms with van der Waals surface area (Å²) in [5.74, 6) is 2.29. The molecule has 0 amide bonds. The first kappa shape index (κ1) is 14.1. The Balaban J connectivity index is 1.74. The number of anilines is 1. The molecule has 21 heavy (non-hydrogen) atoms. The van der Waals surface area contributed by atoms with Gasteiger partial charge < -0.3 is 10.7 Å². The van der Waals surface area contributed by atoms with Crippen LogP contribution in [0.5, 0.6) is 0 Å². The number of nitrogens with one attached hydrogen (secondary N) is 2. The number of aromatic nitrogens is 4. The topological polar surface area (TPSA) is 100 Å². The van der Waals surface area contributed by atoms with Crippen molar-refractivity contribution in [1.82, 2.24) is 19.9 Å². The maximum Gasteiger partial charge on any atom is 0.278 e. The lowest BCUT2D eigenvalue weighted by molar-refractivity contribution is 0.299. The highest BCUT2D eigenvalue weighted by Gasteiger charge is 2.24. The summed E-state index contributed by atoms with van der Waals surface area (Å²) < 4.78 is 0. The number of aromatic amines is 2. The van der Waals surface area contributed by atoms with E-state index < -0.39 is 0 Å². The molecule has 2 heterocycles. The lowest BCUT2D eigenvalue weighted by Crippen LogP contribution is -2.14. The van der Waals surface area contributed by atoms with Crippen molar-refractivity contribution in [2.24, 2.45) is 5.92 Å². The van der Waals surface area contributed by atoms with E-state index in [0.29, 0.717) is 17.1 Å². The fourth-order valence-corrected chi connectivity index (χ4v) is 3.35. The molecule has 2 aromatic heterocycles. The fraction of sp³-hybridized carbons (Fsp3) is 0.667. The van der Waals surface area contributed by atoms with Gasteiger partial charge in [-0.3, -0.25) is 9.78 Å². The molecule has 2 aromatic rings. The second-order valence-corrected chi connectivity index (χ2v) is 6.13. The Bertz CT molecular complexity index is 666. The average molecular weight is 289 g/mol. The van der Waals surface area contributed by atoms with Crippen LogP contribution in [-0.2, 0) is 0 Å². The molecular formula is C15H23N5O. The van der Waals surface area contributed by atoms with Gasteiger partial charge in [-0.15, -0.1) is 0 Å². The molecule has 1 aliphatic carbocycles. The number of rotatable bonds is 4. The predicted octanol–water partition coefficient (Wildman–Crippen LogP) is 2.69. The fourth-order valence-electron chi connectivity index (χ4n) is 3.35. The number of nitrogens with two attached hydrogens (primary N) is 1. The minimum atomic E-state index is -0.243. The number of hydrogen-bond donors (Lipinski definition) is 3. The first-order chi connectivity index (χ1) is 10.2. The predicted molar refractivity (Wildman–Crippen MR) is 83.1 cm³/mol. The van der Waals surface area contributed by atoms with E-state index in [1.165, 1.54) is 32.1 Å². The van der Waals surface area contributed by atoms with Crippen LogP contribution in [0.1, 0.15) is 63.6 Å². The van der Waals surface area contributed by atoms with Crippen molar-refractivity contribution in [2.45, 2.75) is 57.8 Å². The van der Waals surface area contributed by atoms with E-state index in [9.17, 15) is 4.79 Å². The van der Waals surface area contributed by atoms with Crippen LogP contribution in [-0.4, -0.2) is 19.9 Å². The molecule has 0 saturated heterocycles. The molecule has 1 saturated carbocycles. The Morgan fingerprint density at radius 2 is 1.95 bits per heavy atom. The number of nitrogens with zero attached hydrogens (tertiary/aromatic N) is 2. The van der Waals surface area contributed by atoms with Gasteiger partial charge in [-0.2, -0.15) is 4.98 Å². The SMILES string of the molecule is CCCCC1CCC(c2nc3nc(N)[nH]c(=O)c3[nH]2)CC1. The van der Waals surface area contributed by atoms with Gasteiger partial charge in [0.2, 0.25) is 5.95 Å². The number of fused-ring (bicyclic) bond motifs is 1. The minimum Gasteiger partial charge on any atom is -0.369 e. The summed E-state index contributed by atoms with van der Waals surface area (Å²) in [7, 11) is 0. The van der Waals surface area contributed by atoms with Crippen molar-refractivity contribution < 1.29 is 0 Å². The van der Waals surface area contributed by atoms with Crippen LogP contribution in [0.15, 0.2) is 4.79 Å². The molecule has 114 valence electrons. The number of unbranched alkanes of at least 4 members (excludes halogenated alkanes) is 1. The monoisotopic (exact) mass is 289 g/mol. The van der Waals surface area contributed by atoms with Gasteiger partial charge in [-0.25, -0.2) is 4.98 Å². The lowest BCUT2D eigenvalue weighted by Gasteiger charge is -2.27. The summed E-state index contributed by atoms with van der Waals surface area (Å²) >= 11 is 0. The van der Waals surface area contributed by atoms with Crippen LogP contribution in [0.3, 0.4) is 0 Å². The number of nitrogen functional groups attached to an aromatic ring is 1. The molecule has 6 nitrogen and oxygen atoms in total. The highest BCUT2D eigenvalue weighted by molar-refractivity contribution is 5.70. The van der Waals surface area contributed by atoms with Crippen LogP contribution < -0.4 is 11.3 Å². The summed E-state index contributed by atoms with van der Waals surface area (Å²) in [6.07, 6.45) is 8.75. The summed E-state index contributed by atoms with van der Waals surface area (Å²) in [4.78, 5) is 26.0. The zero-order valence-electron chi connectivity index (χ0n) is 12.5. The van der Waals surface area contributed by atoms with Gasteiger partial charge in [-0.05, 0) is 31.6 Å². The molecular weight excluding hydrogens is 266 g/mol. The quantitative estimate of drug-likeness (QED) is 0.805. The lowest BCUT2D eigenvalue weighted by atomic mass is 9.79. The van der Waals surface area contributed by atoms with E-state index in [0.717, 1.165) is 24.6 Å². The van der Waals surface area contributed by atoms with Gasteiger partial charge in [0.15, 0.2) is 11.2 Å². The maximum absolute atomic E-state index is 11.8. The second-order valence-electron chi connectivity index (χ2n) is 6.13. The summed E-state index contributed by atoms with van der Waals surface area (Å²) in [6, 6.07) is 0. The standard InChI is InChI=1S/C15H23N5O/c1-2-3-4-9-5-7-10(8-6-9)12-17-11-13(18-12)19-15(16)20-14(11)21/h9-10H,2-8H2,1H3,(H4,16,17,18,19,20,21). The van der Waals surface area contributed by atoms with Gasteiger partial charge >= 0.3 is 0 Å². The molecule has 6 heteroatoms. The molecule has 0 spiro atoms. The van der Waals surface area contributed by atoms with E-state index in [2.05, 4.69) is 26.9 Å². The van der Waals surface area contributed by atoms with Crippen molar-refractivity contribution in [3.63, 3.8) is 0 Å². The highest BCUT2D eigenvalue weighted by atomic mass is 16.1. The van der Waals surface area contributed by atoms with Crippen LogP contribution in [0.4, 0.5) is 5.95 Å². The summed E-state index contributed by atoms with van der Waals surface area (Å²) in [5.41, 5.74) is 6.18. The van der Waals surface area contributed by atoms with E-state index >= 15 is 0 Å². The van der Waals surface area contributed by atoms with Crippen LogP contribution in [0, 0.1) is 5.92 Å². The Kier molecular flexibility index (Phi) is 3.94. The summed E-state index contributed by atoms with van der Waals surface area (Å²) in [6.45, 7) is 2.25. The minimum absolute atomic E-state index is 0.119. The number of imidazole rings is 1. The Morgan fingerprint density at radius 1 is 1.19 bits per heavy atom. The molecule has 0 aliphatic heterocycles. The number of H-pyrrole nitrogens is 2. The number of hydrogen-bond acceptors (Lipinski definition) is 4. The van der Waals surface area contributed by atoms with E-state index in [1.807, 2.05) is 0 Å². The highest BCUT2D eigenvalue weighted by Crippen LogP contribution is 2.36. The zero-order chi connectivity index (χ0) is 14.8. The molecule has 0 bridgehead atoms. The van der Waals surface area contributed by atoms with Crippen molar-refractivity contribution in [3.05, 3.63) is 16.2 Å². The second kappa shape index (κ2) is 5.87. The maximum atomic E-state index is 11.8. The Labute approximate surface area is 123 Å². The van der Waals surface area contributed by atoms with Crippen molar-refractivity contribution in [1.29, 1.82) is 0 Å². The van der Waals surface area contributed by atoms with E-state index in [1.54, 1.807) is 0 Å². The first-order valence-corrected chi connectivity index (χ1v) is 7.92. The molecule has 0 atom stereocenters. The van der Waals surface area contributed by atoms with Crippen molar-refractivity contribution in [3.8, 4) is 0 Å². The van der Waals surface area contributed by atoms with Crippen molar-refractivity contribution >= 4 is 17.1 Å². The van der Waals surface area contributed by atoms with E-state index in [-0.39, 0.29) is 11.5 Å². The van der Waals surface area contributed by atoms with Gasteiger partial charge in [0.05, 0.1) is 0 Å². The van der Waals surface area contributed by atoms with Gasteiger partial charge in [0, 0.05) is 5.92 Å². The largest absolute Gasteiger partial charge is 0.369 e. The molecule has 1 aliphatic rings. The molecule has 3 rings (SSSR count). The molecule has 0 unspecified atom stereocenters. The van der Waals surface area contributed by atoms with Gasteiger partial charge in [-0.1, -0.05) is 26.2 Å². The van der Waals surface area contributed by atoms with Crippen LogP contribution in [0.25, 0.3) is 11.2 Å². The smallest absolute Gasteiger partial charge is 0.278 e. The van der Waals surface area contributed by atoms with Crippen molar-refractivity contribution in [2.75, 3.05) is 5.73 Å². The zero-order valence-corrected chi connectivity index (χ0v) is 12.5. The third-order valence-corrected chi connectivity index (χ3v) is 4.60. The molecule has 1 fully saturated rings. The van der Waals surface area contributed by atoms with E-state index in [4.69, 9.17) is 5.73 Å². The van der Waals surface area contributed by atoms with Crippen LogP contribution >= 0.6 is 0 Å².